The van der Waals surface area contributed by atoms with Crippen molar-refractivity contribution in [1.82, 2.24) is 0 Å². The average molecular weight is 429 g/mol. The van der Waals surface area contributed by atoms with Crippen LogP contribution in [0.25, 0.3) is 0 Å². The molecule has 128 valence electrons. The zero-order chi connectivity index (χ0) is 17.9. The van der Waals surface area contributed by atoms with Crippen LogP contribution in [0.5, 0.6) is 0 Å². The van der Waals surface area contributed by atoms with Crippen LogP contribution in [0.3, 0.4) is 0 Å². The van der Waals surface area contributed by atoms with Gasteiger partial charge in [-0.3, -0.25) is 0 Å². The zero-order valence-corrected chi connectivity index (χ0v) is 18.7. The van der Waals surface area contributed by atoms with Gasteiger partial charge >= 0.3 is 155 Å². The van der Waals surface area contributed by atoms with E-state index in [9.17, 15) is 3.08 Å². The molecule has 2 heteroatoms. The van der Waals surface area contributed by atoms with Gasteiger partial charge in [0.1, 0.15) is 0 Å². The van der Waals surface area contributed by atoms with Crippen LogP contribution in [0.1, 0.15) is 83.5 Å². The van der Waals surface area contributed by atoms with Crippen molar-refractivity contribution in [2.24, 2.45) is 0 Å². The van der Waals surface area contributed by atoms with Gasteiger partial charge in [0.25, 0.3) is 0 Å². The normalized spacial score (nSPS) is 14.0. The molecule has 0 saturated heterocycles. The molecule has 0 heterocycles. The molecule has 0 aliphatic rings. The summed E-state index contributed by atoms with van der Waals surface area (Å²) in [4.78, 5) is 0. The fraction of sp³-hybridized carbons (Fsp3) is 0.455. The van der Waals surface area contributed by atoms with E-state index in [2.05, 4.69) is 90.1 Å². The summed E-state index contributed by atoms with van der Waals surface area (Å²) in [6, 6.07) is 17.5. The SMILES string of the molecule is CC(C)c1ccc([CH](C)[Sn](=[O])[CH](C)c2ccc(C(C)C)cc2)cc1. The molecule has 24 heavy (non-hydrogen) atoms. The second-order valence-electron chi connectivity index (χ2n) is 7.49. The first-order valence-corrected chi connectivity index (χ1v) is 13.5. The van der Waals surface area contributed by atoms with Crippen LogP contribution in [0, 0.1) is 0 Å². The third kappa shape index (κ3) is 4.56. The maximum atomic E-state index is 13.2. The third-order valence-electron chi connectivity index (χ3n) is 5.06. The molecule has 0 amide bonds. The molecular weight excluding hydrogens is 399 g/mol. The van der Waals surface area contributed by atoms with E-state index in [1.54, 1.807) is 0 Å². The van der Waals surface area contributed by atoms with Crippen LogP contribution in [-0.2, 0) is 3.08 Å². The predicted molar refractivity (Wildman–Crippen MR) is 104 cm³/mol. The topological polar surface area (TPSA) is 17.1 Å². The molecule has 0 radical (unpaired) electrons. The van der Waals surface area contributed by atoms with Crippen LogP contribution in [0.15, 0.2) is 48.5 Å². The first-order chi connectivity index (χ1) is 11.3. The Morgan fingerprint density at radius 3 is 1.04 bits per heavy atom. The Morgan fingerprint density at radius 1 is 0.542 bits per heavy atom. The van der Waals surface area contributed by atoms with Crippen LogP contribution < -0.4 is 0 Å². The van der Waals surface area contributed by atoms with Crippen molar-refractivity contribution < 1.29 is 3.08 Å². The van der Waals surface area contributed by atoms with E-state index >= 15 is 0 Å². The fourth-order valence-electron chi connectivity index (χ4n) is 3.04. The van der Waals surface area contributed by atoms with Crippen LogP contribution in [-0.4, -0.2) is 19.7 Å². The second kappa shape index (κ2) is 8.42. The Kier molecular flexibility index (Phi) is 6.79. The quantitative estimate of drug-likeness (QED) is 0.490. The summed E-state index contributed by atoms with van der Waals surface area (Å²) in [5.41, 5.74) is 5.16. The van der Waals surface area contributed by atoms with Crippen molar-refractivity contribution >= 4 is 19.7 Å². The van der Waals surface area contributed by atoms with Crippen molar-refractivity contribution in [3.8, 4) is 0 Å². The predicted octanol–water partition coefficient (Wildman–Crippen LogP) is 6.34. The molecule has 2 aromatic rings. The van der Waals surface area contributed by atoms with Gasteiger partial charge in [0.15, 0.2) is 0 Å². The first-order valence-electron chi connectivity index (χ1n) is 9.04. The molecule has 1 nitrogen and oxygen atoms in total. The molecule has 0 aliphatic carbocycles. The Balaban J connectivity index is 2.14. The van der Waals surface area contributed by atoms with E-state index in [1.165, 1.54) is 22.3 Å². The number of benzene rings is 2. The Labute approximate surface area is 154 Å². The molecule has 0 bridgehead atoms. The molecule has 0 spiro atoms. The molecule has 0 saturated carbocycles. The van der Waals surface area contributed by atoms with Crippen LogP contribution >= 0.6 is 0 Å². The number of rotatable bonds is 6. The molecule has 0 fully saturated rings. The van der Waals surface area contributed by atoms with E-state index < -0.39 is 19.7 Å². The van der Waals surface area contributed by atoms with E-state index in [0.29, 0.717) is 11.8 Å². The third-order valence-corrected chi connectivity index (χ3v) is 11.8. The fourth-order valence-corrected chi connectivity index (χ4v) is 8.16. The average Bonchev–Trinajstić information content (AvgIpc) is 2.60. The van der Waals surface area contributed by atoms with Gasteiger partial charge in [-0.25, -0.2) is 0 Å². The van der Waals surface area contributed by atoms with E-state index in [4.69, 9.17) is 0 Å². The van der Waals surface area contributed by atoms with Gasteiger partial charge in [-0.15, -0.1) is 0 Å². The molecule has 2 unspecified atom stereocenters. The van der Waals surface area contributed by atoms with Crippen LogP contribution in [0.4, 0.5) is 0 Å². The van der Waals surface area contributed by atoms with E-state index in [1.807, 2.05) is 0 Å². The van der Waals surface area contributed by atoms with Gasteiger partial charge in [-0.05, 0) is 0 Å². The van der Waals surface area contributed by atoms with Gasteiger partial charge in [-0.2, -0.15) is 0 Å². The summed E-state index contributed by atoms with van der Waals surface area (Å²) < 4.78 is 13.6. The first kappa shape index (κ1) is 19.4. The Morgan fingerprint density at radius 2 is 0.792 bits per heavy atom. The van der Waals surface area contributed by atoms with Crippen molar-refractivity contribution in [3.63, 3.8) is 0 Å². The van der Waals surface area contributed by atoms with Crippen molar-refractivity contribution in [3.05, 3.63) is 70.8 Å². The number of hydrogen-bond donors (Lipinski definition) is 0. The zero-order valence-electron chi connectivity index (χ0n) is 15.8. The monoisotopic (exact) mass is 430 g/mol. The summed E-state index contributed by atoms with van der Waals surface area (Å²) >= 11 is -2.81. The summed E-state index contributed by atoms with van der Waals surface area (Å²) in [6.07, 6.45) is 0. The van der Waals surface area contributed by atoms with Crippen LogP contribution in [0.2, 0.25) is 0 Å². The molecule has 0 aromatic heterocycles. The minimum atomic E-state index is -2.81. The minimum absolute atomic E-state index is 0.202. The van der Waals surface area contributed by atoms with Crippen molar-refractivity contribution in [1.29, 1.82) is 0 Å². The number of hydrogen-bond acceptors (Lipinski definition) is 1. The van der Waals surface area contributed by atoms with Gasteiger partial charge in [-0.1, -0.05) is 0 Å². The second-order valence-corrected chi connectivity index (χ2v) is 14.7. The molecule has 2 rings (SSSR count). The van der Waals surface area contributed by atoms with Crippen molar-refractivity contribution in [2.75, 3.05) is 0 Å². The van der Waals surface area contributed by atoms with Gasteiger partial charge < -0.3 is 0 Å². The van der Waals surface area contributed by atoms with Gasteiger partial charge in [0.05, 0.1) is 0 Å². The summed E-state index contributed by atoms with van der Waals surface area (Å²) in [5.74, 6) is 1.08. The molecule has 2 atom stereocenters. The molecular formula is C22H30OSn. The maximum absolute atomic E-state index is 13.2. The summed E-state index contributed by atoms with van der Waals surface area (Å²) in [7, 11) is 0. The van der Waals surface area contributed by atoms with Crippen molar-refractivity contribution in [2.45, 2.75) is 61.2 Å². The van der Waals surface area contributed by atoms with Gasteiger partial charge in [0.2, 0.25) is 0 Å². The Bertz CT molecular complexity index is 609. The van der Waals surface area contributed by atoms with Gasteiger partial charge in [0, 0.05) is 0 Å². The van der Waals surface area contributed by atoms with E-state index in [0.717, 1.165) is 0 Å². The molecule has 0 aliphatic heterocycles. The van der Waals surface area contributed by atoms with E-state index in [-0.39, 0.29) is 7.87 Å². The Hall–Kier alpha value is -0.961. The standard InChI is InChI=1S/2C11H15.O.Sn/c2*1-4-10-5-7-11(8-6-10)9(2)3;;/h2*4-9H,1-3H3;;. The summed E-state index contributed by atoms with van der Waals surface area (Å²) in [5, 5.41) is 0. The summed E-state index contributed by atoms with van der Waals surface area (Å²) in [6.45, 7) is 13.1. The molecule has 2 aromatic carbocycles. The molecule has 0 N–H and O–H groups in total.